The highest BCUT2D eigenvalue weighted by molar-refractivity contribution is 5.86. The summed E-state index contributed by atoms with van der Waals surface area (Å²) in [6.45, 7) is 7.76. The highest BCUT2D eigenvalue weighted by atomic mass is 16.6. The van der Waals surface area contributed by atoms with E-state index in [0.717, 1.165) is 10.9 Å². The first-order valence-electron chi connectivity index (χ1n) is 10.1. The van der Waals surface area contributed by atoms with E-state index < -0.39 is 11.7 Å². The van der Waals surface area contributed by atoms with E-state index in [0.29, 0.717) is 50.9 Å². The van der Waals surface area contributed by atoms with Crippen molar-refractivity contribution in [2.75, 3.05) is 46.7 Å². The fourth-order valence-corrected chi connectivity index (χ4v) is 2.60. The van der Waals surface area contributed by atoms with Crippen molar-refractivity contribution in [2.24, 2.45) is 0 Å². The van der Waals surface area contributed by atoms with Gasteiger partial charge in [-0.25, -0.2) is 4.79 Å². The Morgan fingerprint density at radius 1 is 1.03 bits per heavy atom. The Hall–Kier alpha value is -2.78. The molecule has 1 aromatic heterocycles. The van der Waals surface area contributed by atoms with Gasteiger partial charge in [-0.1, -0.05) is 0 Å². The largest absolute Gasteiger partial charge is 0.491 e. The van der Waals surface area contributed by atoms with E-state index in [-0.39, 0.29) is 12.4 Å². The molecular weight excluding hydrogens is 406 g/mol. The average molecular weight is 437 g/mol. The molecule has 1 amide bonds. The average Bonchev–Trinajstić information content (AvgIpc) is 3.10. The summed E-state index contributed by atoms with van der Waals surface area (Å²) in [5, 5.41) is 3.43. The van der Waals surface area contributed by atoms with E-state index in [1.165, 1.54) is 7.11 Å². The van der Waals surface area contributed by atoms with E-state index in [1.807, 2.05) is 26.8 Å². The monoisotopic (exact) mass is 437 g/mol. The van der Waals surface area contributed by atoms with Crippen LogP contribution >= 0.6 is 0 Å². The Bertz CT molecular complexity index is 840. The molecule has 9 nitrogen and oxygen atoms in total. The zero-order valence-electron chi connectivity index (χ0n) is 18.5. The smallest absolute Gasteiger partial charge is 0.407 e. The Morgan fingerprint density at radius 3 is 2.45 bits per heavy atom. The van der Waals surface area contributed by atoms with Gasteiger partial charge >= 0.3 is 12.1 Å². The van der Waals surface area contributed by atoms with Gasteiger partial charge in [0, 0.05) is 17.5 Å². The predicted molar refractivity (Wildman–Crippen MR) is 113 cm³/mol. The Balaban J connectivity index is 1.57. The summed E-state index contributed by atoms with van der Waals surface area (Å²) < 4.78 is 31.8. The first kappa shape index (κ1) is 24.5. The Kier molecular flexibility index (Phi) is 9.61. The lowest BCUT2D eigenvalue weighted by atomic mass is 10.1. The van der Waals surface area contributed by atoms with Crippen LogP contribution in [0, 0.1) is 0 Å². The van der Waals surface area contributed by atoms with Crippen LogP contribution in [-0.4, -0.2) is 64.4 Å². The summed E-state index contributed by atoms with van der Waals surface area (Å²) >= 11 is 0. The molecule has 0 aliphatic carbocycles. The number of methoxy groups -OCH3 is 1. The second-order valence-corrected chi connectivity index (χ2v) is 7.67. The summed E-state index contributed by atoms with van der Waals surface area (Å²) in [5.74, 6) is 0.332. The predicted octanol–water partition coefficient (Wildman–Crippen LogP) is 3.09. The van der Waals surface area contributed by atoms with Crippen LogP contribution in [0.2, 0.25) is 0 Å². The number of esters is 1. The van der Waals surface area contributed by atoms with Gasteiger partial charge in [-0.15, -0.1) is 0 Å². The fourth-order valence-electron chi connectivity index (χ4n) is 2.60. The molecule has 1 heterocycles. The maximum Gasteiger partial charge on any atom is 0.407 e. The normalized spacial score (nSPS) is 11.4. The second-order valence-electron chi connectivity index (χ2n) is 7.67. The van der Waals surface area contributed by atoms with Gasteiger partial charge in [0.05, 0.1) is 46.2 Å². The number of nitrogens with one attached hydrogen (secondary N) is 1. The van der Waals surface area contributed by atoms with E-state index in [4.69, 9.17) is 28.1 Å². The number of hydrogen-bond acceptors (Lipinski definition) is 8. The molecule has 172 valence electrons. The van der Waals surface area contributed by atoms with Crippen molar-refractivity contribution < 1.29 is 37.7 Å². The van der Waals surface area contributed by atoms with Gasteiger partial charge in [0.1, 0.15) is 23.5 Å². The summed E-state index contributed by atoms with van der Waals surface area (Å²) in [4.78, 5) is 23.0. The van der Waals surface area contributed by atoms with Crippen LogP contribution in [0.4, 0.5) is 4.79 Å². The number of hydrogen-bond donors (Lipinski definition) is 1. The molecule has 0 aliphatic rings. The first-order chi connectivity index (χ1) is 14.8. The van der Waals surface area contributed by atoms with Gasteiger partial charge in [-0.3, -0.25) is 4.79 Å². The Labute approximate surface area is 181 Å². The maximum absolute atomic E-state index is 11.5. The molecule has 0 radical (unpaired) electrons. The summed E-state index contributed by atoms with van der Waals surface area (Å²) in [5.41, 5.74) is 0.916. The number of benzene rings is 1. The standard InChI is InChI=1S/C22H31NO8/c1-22(2,3)31-21(25)23-7-8-27-9-10-28-11-12-29-17-5-6-19-18(14-17)16(15-30-19)13-20(24)26-4/h5-6,14-15H,7-13H2,1-4H3,(H,23,25). The van der Waals surface area contributed by atoms with Gasteiger partial charge in [0.2, 0.25) is 0 Å². The van der Waals surface area contributed by atoms with Crippen LogP contribution in [0.5, 0.6) is 5.75 Å². The molecule has 2 rings (SSSR count). The third kappa shape index (κ3) is 9.27. The maximum atomic E-state index is 11.5. The van der Waals surface area contributed by atoms with Crippen LogP contribution in [0.3, 0.4) is 0 Å². The quantitative estimate of drug-likeness (QED) is 0.399. The number of alkyl carbamates (subject to hydrolysis) is 1. The third-order valence-corrected chi connectivity index (χ3v) is 3.97. The molecule has 0 unspecified atom stereocenters. The van der Waals surface area contributed by atoms with Crippen LogP contribution in [0.25, 0.3) is 11.0 Å². The number of ether oxygens (including phenoxy) is 5. The molecule has 31 heavy (non-hydrogen) atoms. The van der Waals surface area contributed by atoms with Crippen LogP contribution in [0.1, 0.15) is 26.3 Å². The number of carbonyl (C=O) groups excluding carboxylic acids is 2. The van der Waals surface area contributed by atoms with Crippen LogP contribution < -0.4 is 10.1 Å². The molecule has 1 N–H and O–H groups in total. The molecule has 0 fully saturated rings. The van der Waals surface area contributed by atoms with Crippen molar-refractivity contribution in [1.29, 1.82) is 0 Å². The fraction of sp³-hybridized carbons (Fsp3) is 0.545. The molecule has 1 aromatic carbocycles. The van der Waals surface area contributed by atoms with E-state index >= 15 is 0 Å². The zero-order valence-corrected chi connectivity index (χ0v) is 18.5. The number of carbonyl (C=O) groups is 2. The van der Waals surface area contributed by atoms with Gasteiger partial charge in [0.25, 0.3) is 0 Å². The molecule has 2 aromatic rings. The zero-order chi connectivity index (χ0) is 22.7. The molecule has 0 spiro atoms. The highest BCUT2D eigenvalue weighted by Crippen LogP contribution is 2.26. The lowest BCUT2D eigenvalue weighted by Gasteiger charge is -2.19. The first-order valence-corrected chi connectivity index (χ1v) is 10.1. The summed E-state index contributed by atoms with van der Waals surface area (Å²) in [6, 6.07) is 5.43. The number of amides is 1. The van der Waals surface area contributed by atoms with Gasteiger partial charge in [0.15, 0.2) is 0 Å². The minimum absolute atomic E-state index is 0.142. The number of rotatable bonds is 12. The van der Waals surface area contributed by atoms with Crippen molar-refractivity contribution >= 4 is 23.0 Å². The van der Waals surface area contributed by atoms with E-state index in [2.05, 4.69) is 5.32 Å². The molecule has 9 heteroatoms. The SMILES string of the molecule is COC(=O)Cc1coc2ccc(OCCOCCOCCNC(=O)OC(C)(C)C)cc12. The van der Waals surface area contributed by atoms with Crippen LogP contribution in [-0.2, 0) is 30.2 Å². The second kappa shape index (κ2) is 12.2. The van der Waals surface area contributed by atoms with Crippen molar-refractivity contribution in [3.05, 3.63) is 30.0 Å². The van der Waals surface area contributed by atoms with Crippen molar-refractivity contribution in [2.45, 2.75) is 32.8 Å². The van der Waals surface area contributed by atoms with E-state index in [1.54, 1.807) is 18.4 Å². The molecule has 0 atom stereocenters. The minimum Gasteiger partial charge on any atom is -0.491 e. The van der Waals surface area contributed by atoms with E-state index in [9.17, 15) is 9.59 Å². The number of furan rings is 1. The highest BCUT2D eigenvalue weighted by Gasteiger charge is 2.15. The minimum atomic E-state index is -0.517. The molecular formula is C22H31NO8. The third-order valence-electron chi connectivity index (χ3n) is 3.97. The molecule has 0 aliphatic heterocycles. The van der Waals surface area contributed by atoms with Gasteiger partial charge < -0.3 is 33.4 Å². The lowest BCUT2D eigenvalue weighted by molar-refractivity contribution is -0.139. The topological polar surface area (TPSA) is 105 Å². The van der Waals surface area contributed by atoms with Crippen molar-refractivity contribution in [1.82, 2.24) is 5.32 Å². The van der Waals surface area contributed by atoms with Crippen LogP contribution in [0.15, 0.2) is 28.9 Å². The summed E-state index contributed by atoms with van der Waals surface area (Å²) in [7, 11) is 1.35. The van der Waals surface area contributed by atoms with Gasteiger partial charge in [-0.2, -0.15) is 0 Å². The summed E-state index contributed by atoms with van der Waals surface area (Å²) in [6.07, 6.45) is 1.23. The van der Waals surface area contributed by atoms with Gasteiger partial charge in [-0.05, 0) is 39.0 Å². The van der Waals surface area contributed by atoms with Crippen molar-refractivity contribution in [3.8, 4) is 5.75 Å². The number of fused-ring (bicyclic) bond motifs is 1. The molecule has 0 bridgehead atoms. The van der Waals surface area contributed by atoms with Crippen molar-refractivity contribution in [3.63, 3.8) is 0 Å². The lowest BCUT2D eigenvalue weighted by Crippen LogP contribution is -2.34. The Morgan fingerprint density at radius 2 is 1.74 bits per heavy atom. The molecule has 0 saturated heterocycles. The molecule has 0 saturated carbocycles.